The van der Waals surface area contributed by atoms with Crippen LogP contribution in [0.5, 0.6) is 0 Å². The predicted octanol–water partition coefficient (Wildman–Crippen LogP) is 3.70. The van der Waals surface area contributed by atoms with Crippen molar-refractivity contribution in [2.75, 3.05) is 11.1 Å². The lowest BCUT2D eigenvalue weighted by Crippen LogP contribution is -2.30. The minimum atomic E-state index is 0.491. The van der Waals surface area contributed by atoms with Gasteiger partial charge < -0.3 is 11.1 Å². The molecule has 1 fully saturated rings. The Bertz CT molecular complexity index is 458. The summed E-state index contributed by atoms with van der Waals surface area (Å²) in [6, 6.07) is 0.519. The van der Waals surface area contributed by atoms with Gasteiger partial charge in [0.05, 0.1) is 0 Å². The van der Waals surface area contributed by atoms with Gasteiger partial charge in [-0.25, -0.2) is 9.97 Å². The highest BCUT2D eigenvalue weighted by Gasteiger charge is 2.27. The van der Waals surface area contributed by atoms with Gasteiger partial charge >= 0.3 is 0 Å². The molecule has 1 aromatic rings. The number of hydrogen-bond acceptors (Lipinski definition) is 4. The van der Waals surface area contributed by atoms with Crippen LogP contribution >= 0.6 is 0 Å². The topological polar surface area (TPSA) is 63.8 Å². The van der Waals surface area contributed by atoms with Gasteiger partial charge in [-0.15, -0.1) is 0 Å². The largest absolute Gasteiger partial charge is 0.383 e. The van der Waals surface area contributed by atoms with Crippen molar-refractivity contribution in [2.45, 2.75) is 72.3 Å². The third-order valence-electron chi connectivity index (χ3n) is 4.38. The molecule has 0 unspecified atom stereocenters. The van der Waals surface area contributed by atoms with Gasteiger partial charge in [0.1, 0.15) is 17.5 Å². The van der Waals surface area contributed by atoms with Crippen LogP contribution in [0.2, 0.25) is 0 Å². The van der Waals surface area contributed by atoms with Crippen LogP contribution in [0.4, 0.5) is 11.6 Å². The molecule has 0 amide bonds. The zero-order valence-corrected chi connectivity index (χ0v) is 13.3. The van der Waals surface area contributed by atoms with Crippen LogP contribution in [-0.4, -0.2) is 16.0 Å². The maximum absolute atomic E-state index is 6.01. The van der Waals surface area contributed by atoms with Gasteiger partial charge in [-0.2, -0.15) is 0 Å². The van der Waals surface area contributed by atoms with E-state index >= 15 is 0 Å². The van der Waals surface area contributed by atoms with Crippen molar-refractivity contribution in [3.8, 4) is 0 Å². The summed E-state index contributed by atoms with van der Waals surface area (Å²) in [5.41, 5.74) is 7.48. The molecule has 112 valence electrons. The van der Waals surface area contributed by atoms with Crippen molar-refractivity contribution in [3.05, 3.63) is 11.4 Å². The maximum atomic E-state index is 6.01. The number of nitrogen functional groups attached to an aromatic ring is 1. The van der Waals surface area contributed by atoms with Crippen molar-refractivity contribution < 1.29 is 0 Å². The molecule has 0 saturated heterocycles. The number of anilines is 2. The summed E-state index contributed by atoms with van der Waals surface area (Å²) in [5, 5.41) is 3.60. The van der Waals surface area contributed by atoms with E-state index in [4.69, 9.17) is 5.73 Å². The van der Waals surface area contributed by atoms with E-state index in [-0.39, 0.29) is 0 Å². The summed E-state index contributed by atoms with van der Waals surface area (Å²) in [5.74, 6) is 2.40. The van der Waals surface area contributed by atoms with Gasteiger partial charge in [0.15, 0.2) is 0 Å². The Morgan fingerprint density at radius 1 is 1.25 bits per heavy atom. The number of rotatable bonds is 4. The van der Waals surface area contributed by atoms with Crippen molar-refractivity contribution in [1.29, 1.82) is 0 Å². The summed E-state index contributed by atoms with van der Waals surface area (Å²) >= 11 is 0. The van der Waals surface area contributed by atoms with E-state index in [0.29, 0.717) is 17.3 Å². The second-order valence-corrected chi connectivity index (χ2v) is 6.83. The van der Waals surface area contributed by atoms with E-state index in [1.165, 1.54) is 25.7 Å². The Morgan fingerprint density at radius 2 is 1.90 bits per heavy atom. The lowest BCUT2D eigenvalue weighted by atomic mass is 9.75. The smallest absolute Gasteiger partial charge is 0.134 e. The second-order valence-electron chi connectivity index (χ2n) is 6.83. The molecule has 1 aromatic heterocycles. The molecular weight excluding hydrogens is 248 g/mol. The summed E-state index contributed by atoms with van der Waals surface area (Å²) in [7, 11) is 0. The molecule has 4 heteroatoms. The highest BCUT2D eigenvalue weighted by atomic mass is 15.1. The Kier molecular flexibility index (Phi) is 4.51. The van der Waals surface area contributed by atoms with E-state index in [2.05, 4.69) is 36.1 Å². The highest BCUT2D eigenvalue weighted by Crippen LogP contribution is 2.36. The van der Waals surface area contributed by atoms with Crippen LogP contribution in [0.3, 0.4) is 0 Å². The Labute approximate surface area is 122 Å². The van der Waals surface area contributed by atoms with Crippen LogP contribution in [0.25, 0.3) is 0 Å². The lowest BCUT2D eigenvalue weighted by molar-refractivity contribution is 0.232. The van der Waals surface area contributed by atoms with Gasteiger partial charge in [0, 0.05) is 18.0 Å². The summed E-state index contributed by atoms with van der Waals surface area (Å²) in [6.07, 6.45) is 6.88. The fourth-order valence-electron chi connectivity index (χ4n) is 2.80. The average molecular weight is 276 g/mol. The van der Waals surface area contributed by atoms with E-state index < -0.39 is 0 Å². The van der Waals surface area contributed by atoms with E-state index in [0.717, 1.165) is 30.0 Å². The predicted molar refractivity (Wildman–Crippen MR) is 84.8 cm³/mol. The zero-order valence-electron chi connectivity index (χ0n) is 13.3. The number of aromatic nitrogens is 2. The minimum absolute atomic E-state index is 0.491. The molecule has 0 aliphatic heterocycles. The van der Waals surface area contributed by atoms with Gasteiger partial charge in [-0.3, -0.25) is 0 Å². The summed E-state index contributed by atoms with van der Waals surface area (Å²) < 4.78 is 0. The Hall–Kier alpha value is -1.32. The first-order chi connectivity index (χ1) is 9.41. The molecule has 1 saturated carbocycles. The number of nitrogens with one attached hydrogen (secondary N) is 1. The quantitative estimate of drug-likeness (QED) is 0.880. The van der Waals surface area contributed by atoms with Crippen molar-refractivity contribution >= 4 is 11.6 Å². The number of nitrogens with zero attached hydrogens (tertiary/aromatic N) is 2. The molecule has 2 rings (SSSR count). The number of nitrogens with two attached hydrogens (primary N) is 1. The standard InChI is InChI=1S/C16H28N4/c1-5-6-13-19-14(17)11(2)15(20-13)18-12-7-9-16(3,4)10-8-12/h12H,5-10H2,1-4H3,(H3,17,18,19,20). The Morgan fingerprint density at radius 3 is 2.50 bits per heavy atom. The monoisotopic (exact) mass is 276 g/mol. The Balaban J connectivity index is 2.09. The van der Waals surface area contributed by atoms with Gasteiger partial charge in [0.25, 0.3) is 0 Å². The molecule has 0 aromatic carbocycles. The number of hydrogen-bond donors (Lipinski definition) is 2. The first-order valence-electron chi connectivity index (χ1n) is 7.81. The summed E-state index contributed by atoms with van der Waals surface area (Å²) in [6.45, 7) is 8.85. The molecule has 20 heavy (non-hydrogen) atoms. The number of aryl methyl sites for hydroxylation is 1. The highest BCUT2D eigenvalue weighted by molar-refractivity contribution is 5.55. The van der Waals surface area contributed by atoms with E-state index in [9.17, 15) is 0 Å². The summed E-state index contributed by atoms with van der Waals surface area (Å²) in [4.78, 5) is 9.02. The molecule has 1 aliphatic carbocycles. The van der Waals surface area contributed by atoms with Crippen LogP contribution in [0, 0.1) is 12.3 Å². The van der Waals surface area contributed by atoms with Crippen molar-refractivity contribution in [1.82, 2.24) is 9.97 Å². The molecule has 0 radical (unpaired) electrons. The SMILES string of the molecule is CCCc1nc(N)c(C)c(NC2CCC(C)(C)CC2)n1. The fourth-order valence-corrected chi connectivity index (χ4v) is 2.80. The molecule has 0 bridgehead atoms. The van der Waals surface area contributed by atoms with Crippen LogP contribution < -0.4 is 11.1 Å². The van der Waals surface area contributed by atoms with Gasteiger partial charge in [0.2, 0.25) is 0 Å². The molecule has 1 heterocycles. The van der Waals surface area contributed by atoms with Crippen LogP contribution in [-0.2, 0) is 6.42 Å². The lowest BCUT2D eigenvalue weighted by Gasteiger charge is -2.35. The molecular formula is C16H28N4. The third kappa shape index (κ3) is 3.62. The molecule has 1 aliphatic rings. The first-order valence-corrected chi connectivity index (χ1v) is 7.81. The maximum Gasteiger partial charge on any atom is 0.134 e. The van der Waals surface area contributed by atoms with Gasteiger partial charge in [-0.05, 0) is 44.4 Å². The van der Waals surface area contributed by atoms with E-state index in [1.54, 1.807) is 0 Å². The first kappa shape index (κ1) is 15.1. The van der Waals surface area contributed by atoms with E-state index in [1.807, 2.05) is 6.92 Å². The van der Waals surface area contributed by atoms with Crippen molar-refractivity contribution in [2.24, 2.45) is 5.41 Å². The van der Waals surface area contributed by atoms with Crippen LogP contribution in [0.15, 0.2) is 0 Å². The van der Waals surface area contributed by atoms with Crippen molar-refractivity contribution in [3.63, 3.8) is 0 Å². The average Bonchev–Trinajstić information content (AvgIpc) is 2.38. The normalized spacial score (nSPS) is 19.0. The van der Waals surface area contributed by atoms with Gasteiger partial charge in [-0.1, -0.05) is 20.8 Å². The molecule has 3 N–H and O–H groups in total. The second kappa shape index (κ2) is 5.98. The molecule has 0 atom stereocenters. The zero-order chi connectivity index (χ0) is 14.8. The fraction of sp³-hybridized carbons (Fsp3) is 0.750. The third-order valence-corrected chi connectivity index (χ3v) is 4.38. The molecule has 4 nitrogen and oxygen atoms in total. The molecule has 0 spiro atoms. The minimum Gasteiger partial charge on any atom is -0.383 e. The van der Waals surface area contributed by atoms with Crippen LogP contribution in [0.1, 0.15) is 64.3 Å².